The molecule has 2 aromatic heterocycles. The van der Waals surface area contributed by atoms with Crippen LogP contribution >= 0.6 is 23.1 Å². The summed E-state index contributed by atoms with van der Waals surface area (Å²) < 4.78 is 7.11. The maximum absolute atomic E-state index is 12.3. The number of ether oxygens (including phenoxy) is 1. The van der Waals surface area contributed by atoms with E-state index in [1.165, 1.54) is 11.3 Å². The number of thiazole rings is 1. The largest absolute Gasteiger partial charge is 0.385 e. The molecule has 0 atom stereocenters. The topological polar surface area (TPSA) is 81.9 Å². The Labute approximate surface area is 172 Å². The molecule has 2 heterocycles. The lowest BCUT2D eigenvalue weighted by molar-refractivity contribution is -0.115. The van der Waals surface area contributed by atoms with Crippen molar-refractivity contribution in [2.75, 3.05) is 19.0 Å². The van der Waals surface area contributed by atoms with Crippen molar-refractivity contribution in [3.8, 4) is 0 Å². The molecule has 0 fully saturated rings. The van der Waals surface area contributed by atoms with Crippen LogP contribution in [0.1, 0.15) is 22.7 Å². The average Bonchev–Trinajstić information content (AvgIpc) is 3.31. The van der Waals surface area contributed by atoms with Crippen molar-refractivity contribution < 1.29 is 9.53 Å². The van der Waals surface area contributed by atoms with Gasteiger partial charge in [-0.05, 0) is 25.0 Å². The average molecular weight is 418 g/mol. The van der Waals surface area contributed by atoms with Crippen molar-refractivity contribution in [3.05, 3.63) is 52.2 Å². The summed E-state index contributed by atoms with van der Waals surface area (Å²) in [6.07, 6.45) is 2.93. The van der Waals surface area contributed by atoms with Gasteiger partial charge >= 0.3 is 0 Å². The summed E-state index contributed by atoms with van der Waals surface area (Å²) in [6, 6.07) is 7.74. The summed E-state index contributed by atoms with van der Waals surface area (Å²) in [5, 5.41) is 14.8. The van der Waals surface area contributed by atoms with Crippen LogP contribution in [0.3, 0.4) is 0 Å². The highest BCUT2D eigenvalue weighted by Gasteiger charge is 2.11. The lowest BCUT2D eigenvalue weighted by atomic mass is 10.2. The summed E-state index contributed by atoms with van der Waals surface area (Å²) in [6.45, 7) is 3.51. The van der Waals surface area contributed by atoms with Crippen molar-refractivity contribution in [2.24, 2.45) is 0 Å². The molecule has 148 valence electrons. The van der Waals surface area contributed by atoms with Gasteiger partial charge in [0.15, 0.2) is 5.16 Å². The Morgan fingerprint density at radius 3 is 3.04 bits per heavy atom. The summed E-state index contributed by atoms with van der Waals surface area (Å²) in [7, 11) is 1.70. The van der Waals surface area contributed by atoms with Crippen molar-refractivity contribution in [2.45, 2.75) is 37.2 Å². The van der Waals surface area contributed by atoms with Crippen LogP contribution < -0.4 is 5.32 Å². The molecule has 0 radical (unpaired) electrons. The van der Waals surface area contributed by atoms with E-state index < -0.39 is 0 Å². The Morgan fingerprint density at radius 2 is 2.21 bits per heavy atom. The fourth-order valence-corrected chi connectivity index (χ4v) is 4.30. The van der Waals surface area contributed by atoms with Crippen LogP contribution in [0.5, 0.6) is 0 Å². The third-order valence-corrected chi connectivity index (χ3v) is 5.92. The lowest BCUT2D eigenvalue weighted by Crippen LogP contribution is -2.15. The third kappa shape index (κ3) is 5.88. The number of methoxy groups -OCH3 is 1. The SMILES string of the molecule is COCCCn1cnnc1SCc1csc(CC(=O)Nc2ccccc2C)n1. The molecule has 1 amide bonds. The Kier molecular flexibility index (Phi) is 7.58. The van der Waals surface area contributed by atoms with Gasteiger partial charge in [-0.25, -0.2) is 4.98 Å². The molecule has 0 aliphatic heterocycles. The number of aromatic nitrogens is 4. The fraction of sp³-hybridized carbons (Fsp3) is 0.368. The monoisotopic (exact) mass is 417 g/mol. The van der Waals surface area contributed by atoms with E-state index in [9.17, 15) is 4.79 Å². The van der Waals surface area contributed by atoms with Crippen molar-refractivity contribution in [1.29, 1.82) is 0 Å². The highest BCUT2D eigenvalue weighted by molar-refractivity contribution is 7.98. The summed E-state index contributed by atoms with van der Waals surface area (Å²) in [5.74, 6) is 0.638. The van der Waals surface area contributed by atoms with Crippen LogP contribution in [0.2, 0.25) is 0 Å². The number of hydrogen-bond donors (Lipinski definition) is 1. The van der Waals surface area contributed by atoms with Gasteiger partial charge in [-0.3, -0.25) is 4.79 Å². The Bertz CT molecular complexity index is 909. The number of aryl methyl sites for hydroxylation is 2. The first-order chi connectivity index (χ1) is 13.7. The summed E-state index contributed by atoms with van der Waals surface area (Å²) >= 11 is 3.10. The predicted octanol–water partition coefficient (Wildman–Crippen LogP) is 3.55. The number of nitrogens with zero attached hydrogens (tertiary/aromatic N) is 4. The van der Waals surface area contributed by atoms with E-state index in [4.69, 9.17) is 4.74 Å². The highest BCUT2D eigenvalue weighted by Crippen LogP contribution is 2.22. The second kappa shape index (κ2) is 10.4. The molecular formula is C19H23N5O2S2. The van der Waals surface area contributed by atoms with Crippen molar-refractivity contribution in [3.63, 3.8) is 0 Å². The number of thioether (sulfide) groups is 1. The third-order valence-electron chi connectivity index (χ3n) is 4.01. The van der Waals surface area contributed by atoms with Gasteiger partial charge in [-0.1, -0.05) is 30.0 Å². The Balaban J connectivity index is 1.50. The minimum Gasteiger partial charge on any atom is -0.385 e. The van der Waals surface area contributed by atoms with Crippen LogP contribution in [0, 0.1) is 6.92 Å². The molecule has 3 aromatic rings. The summed E-state index contributed by atoms with van der Waals surface area (Å²) in [5.41, 5.74) is 2.83. The van der Waals surface area contributed by atoms with E-state index in [0.717, 1.165) is 40.1 Å². The second-order valence-electron chi connectivity index (χ2n) is 6.21. The molecular weight excluding hydrogens is 394 g/mol. The molecule has 0 unspecified atom stereocenters. The number of anilines is 1. The first-order valence-corrected chi connectivity index (χ1v) is 10.8. The van der Waals surface area contributed by atoms with Crippen LogP contribution in [0.25, 0.3) is 0 Å². The summed E-state index contributed by atoms with van der Waals surface area (Å²) in [4.78, 5) is 16.9. The van der Waals surface area contributed by atoms with Gasteiger partial charge in [0.2, 0.25) is 5.91 Å². The quantitative estimate of drug-likeness (QED) is 0.401. The molecule has 0 spiro atoms. The zero-order valence-corrected chi connectivity index (χ0v) is 17.6. The lowest BCUT2D eigenvalue weighted by Gasteiger charge is -2.06. The van der Waals surface area contributed by atoms with Gasteiger partial charge in [0.1, 0.15) is 11.3 Å². The standard InChI is InChI=1S/C19H23N5O2S2/c1-14-6-3-4-7-16(14)22-17(25)10-18-21-15(11-27-18)12-28-19-23-20-13-24(19)8-5-9-26-2/h3-4,6-7,11,13H,5,8-10,12H2,1-2H3,(H,22,25). The molecule has 3 rings (SSSR count). The number of rotatable bonds is 10. The van der Waals surface area contributed by atoms with E-state index in [2.05, 4.69) is 20.5 Å². The molecule has 0 aliphatic carbocycles. The van der Waals surface area contributed by atoms with Crippen LogP contribution in [-0.4, -0.2) is 39.4 Å². The number of nitrogens with one attached hydrogen (secondary N) is 1. The van der Waals surface area contributed by atoms with Gasteiger partial charge in [0.25, 0.3) is 0 Å². The van der Waals surface area contributed by atoms with Gasteiger partial charge in [0, 0.05) is 37.1 Å². The second-order valence-corrected chi connectivity index (χ2v) is 8.10. The number of para-hydroxylation sites is 1. The molecule has 0 aliphatic rings. The number of amides is 1. The molecule has 1 aromatic carbocycles. The van der Waals surface area contributed by atoms with Crippen molar-refractivity contribution in [1.82, 2.24) is 19.7 Å². The Hall–Kier alpha value is -2.23. The van der Waals surface area contributed by atoms with Gasteiger partial charge < -0.3 is 14.6 Å². The number of benzene rings is 1. The highest BCUT2D eigenvalue weighted by atomic mass is 32.2. The zero-order chi connectivity index (χ0) is 19.8. The molecule has 7 nitrogen and oxygen atoms in total. The molecule has 28 heavy (non-hydrogen) atoms. The minimum atomic E-state index is -0.0549. The van der Waals surface area contributed by atoms with Crippen molar-refractivity contribution >= 4 is 34.7 Å². The van der Waals surface area contributed by atoms with E-state index in [-0.39, 0.29) is 12.3 Å². The van der Waals surface area contributed by atoms with Crippen LogP contribution in [0.15, 0.2) is 41.1 Å². The van der Waals surface area contributed by atoms with Gasteiger partial charge in [0.05, 0.1) is 12.1 Å². The molecule has 0 bridgehead atoms. The maximum Gasteiger partial charge on any atom is 0.231 e. The van der Waals surface area contributed by atoms with Gasteiger partial charge in [-0.2, -0.15) is 0 Å². The maximum atomic E-state index is 12.3. The fourth-order valence-electron chi connectivity index (χ4n) is 2.57. The first-order valence-electron chi connectivity index (χ1n) is 8.94. The predicted molar refractivity (Wildman–Crippen MR) is 112 cm³/mol. The zero-order valence-electron chi connectivity index (χ0n) is 15.9. The number of carbonyl (C=O) groups excluding carboxylic acids is 1. The smallest absolute Gasteiger partial charge is 0.231 e. The minimum absolute atomic E-state index is 0.0549. The van der Waals surface area contributed by atoms with E-state index in [1.807, 2.05) is 41.1 Å². The van der Waals surface area contributed by atoms with Gasteiger partial charge in [-0.15, -0.1) is 21.5 Å². The van der Waals surface area contributed by atoms with Crippen LogP contribution in [-0.2, 0) is 28.2 Å². The first kappa shape index (κ1) is 20.5. The molecule has 1 N–H and O–H groups in total. The Morgan fingerprint density at radius 1 is 1.36 bits per heavy atom. The van der Waals surface area contributed by atoms with Crippen LogP contribution in [0.4, 0.5) is 5.69 Å². The van der Waals surface area contributed by atoms with E-state index in [0.29, 0.717) is 12.4 Å². The molecule has 0 saturated carbocycles. The number of hydrogen-bond acceptors (Lipinski definition) is 7. The molecule has 9 heteroatoms. The normalized spacial score (nSPS) is 10.9. The number of carbonyl (C=O) groups is 1. The van der Waals surface area contributed by atoms with E-state index in [1.54, 1.807) is 25.2 Å². The molecule has 0 saturated heterocycles. The van der Waals surface area contributed by atoms with E-state index >= 15 is 0 Å².